The van der Waals surface area contributed by atoms with Crippen molar-refractivity contribution in [2.24, 2.45) is 0 Å². The highest BCUT2D eigenvalue weighted by Crippen LogP contribution is 2.13. The molecule has 1 saturated heterocycles. The largest absolute Gasteiger partial charge is 0.373 e. The zero-order chi connectivity index (χ0) is 17.6. The Morgan fingerprint density at radius 1 is 1.24 bits per heavy atom. The molecule has 2 atom stereocenters. The van der Waals surface area contributed by atoms with E-state index < -0.39 is 0 Å². The highest BCUT2D eigenvalue weighted by atomic mass is 16.5. The Morgan fingerprint density at radius 3 is 2.68 bits per heavy atom. The molecule has 0 bridgehead atoms. The molecular weight excluding hydrogens is 320 g/mol. The van der Waals surface area contributed by atoms with E-state index in [1.807, 2.05) is 30.3 Å². The lowest BCUT2D eigenvalue weighted by atomic mass is 10.2. The number of rotatable bonds is 6. The van der Waals surface area contributed by atoms with Crippen molar-refractivity contribution in [2.45, 2.75) is 45.6 Å². The maximum atomic E-state index is 12.0. The zero-order valence-electron chi connectivity index (χ0n) is 14.6. The fraction of sp³-hybridized carbons (Fsp3) is 0.500. The number of benzene rings is 1. The lowest BCUT2D eigenvalue weighted by Gasteiger charge is -2.34. The molecule has 1 aromatic heterocycles. The number of amides is 1. The molecule has 0 radical (unpaired) electrons. The van der Waals surface area contributed by atoms with Crippen LogP contribution in [0.3, 0.4) is 0 Å². The lowest BCUT2D eigenvalue weighted by molar-refractivity contribution is -0.120. The molecule has 134 valence electrons. The average Bonchev–Trinajstić information content (AvgIpc) is 3.00. The lowest BCUT2D eigenvalue weighted by Crippen LogP contribution is -2.44. The Morgan fingerprint density at radius 2 is 1.96 bits per heavy atom. The van der Waals surface area contributed by atoms with Gasteiger partial charge in [-0.3, -0.25) is 9.69 Å². The number of carbonyl (C=O) groups is 1. The van der Waals surface area contributed by atoms with Crippen molar-refractivity contribution in [3.8, 4) is 0 Å². The third kappa shape index (κ3) is 5.37. The maximum Gasteiger partial charge on any atom is 0.240 e. The van der Waals surface area contributed by atoms with Crippen LogP contribution in [0.2, 0.25) is 0 Å². The van der Waals surface area contributed by atoms with Crippen molar-refractivity contribution in [1.82, 2.24) is 20.4 Å². The van der Waals surface area contributed by atoms with Crippen LogP contribution in [-0.2, 0) is 29.0 Å². The van der Waals surface area contributed by atoms with Gasteiger partial charge in [0.05, 0.1) is 25.2 Å². The molecule has 0 unspecified atom stereocenters. The van der Waals surface area contributed by atoms with Crippen LogP contribution in [0.4, 0.5) is 0 Å². The van der Waals surface area contributed by atoms with Gasteiger partial charge >= 0.3 is 0 Å². The van der Waals surface area contributed by atoms with Gasteiger partial charge in [0.2, 0.25) is 11.8 Å². The average molecular weight is 344 g/mol. The topological polar surface area (TPSA) is 80.5 Å². The van der Waals surface area contributed by atoms with E-state index in [-0.39, 0.29) is 24.5 Å². The minimum absolute atomic E-state index is 0.117. The molecule has 0 spiro atoms. The Bertz CT molecular complexity index is 679. The van der Waals surface area contributed by atoms with Crippen LogP contribution in [0.15, 0.2) is 34.9 Å². The molecule has 2 aromatic rings. The Balaban J connectivity index is 1.47. The summed E-state index contributed by atoms with van der Waals surface area (Å²) in [4.78, 5) is 18.6. The van der Waals surface area contributed by atoms with Gasteiger partial charge in [0, 0.05) is 19.6 Å². The Labute approximate surface area is 147 Å². The summed E-state index contributed by atoms with van der Waals surface area (Å²) in [7, 11) is 0. The monoisotopic (exact) mass is 344 g/mol. The fourth-order valence-electron chi connectivity index (χ4n) is 3.03. The molecule has 1 aliphatic heterocycles. The van der Waals surface area contributed by atoms with Gasteiger partial charge in [-0.05, 0) is 19.4 Å². The van der Waals surface area contributed by atoms with Gasteiger partial charge in [-0.2, -0.15) is 4.98 Å². The second-order valence-corrected chi connectivity index (χ2v) is 6.49. The molecule has 1 fully saturated rings. The summed E-state index contributed by atoms with van der Waals surface area (Å²) in [6.07, 6.45) is 0.497. The Kier molecular flexibility index (Phi) is 5.78. The van der Waals surface area contributed by atoms with Crippen LogP contribution in [0.25, 0.3) is 0 Å². The van der Waals surface area contributed by atoms with Crippen LogP contribution in [0.1, 0.15) is 31.1 Å². The number of hydrogen-bond donors (Lipinski definition) is 1. The Hall–Kier alpha value is -2.25. The summed E-state index contributed by atoms with van der Waals surface area (Å²) in [6.45, 7) is 6.85. The first-order chi connectivity index (χ1) is 12.1. The van der Waals surface area contributed by atoms with Gasteiger partial charge in [-0.15, -0.1) is 0 Å². The molecule has 1 N–H and O–H groups in total. The summed E-state index contributed by atoms with van der Waals surface area (Å²) in [5.41, 5.74) is 1.06. The van der Waals surface area contributed by atoms with E-state index in [0.29, 0.717) is 24.8 Å². The van der Waals surface area contributed by atoms with Crippen LogP contribution in [0.5, 0.6) is 0 Å². The first-order valence-corrected chi connectivity index (χ1v) is 8.58. The molecule has 1 amide bonds. The highest BCUT2D eigenvalue weighted by Gasteiger charge is 2.24. The molecule has 0 aliphatic carbocycles. The van der Waals surface area contributed by atoms with E-state index in [1.54, 1.807) is 0 Å². The van der Waals surface area contributed by atoms with E-state index in [1.165, 1.54) is 0 Å². The number of nitrogens with zero attached hydrogens (tertiary/aromatic N) is 3. The van der Waals surface area contributed by atoms with Crippen LogP contribution in [0, 0.1) is 0 Å². The number of nitrogens with one attached hydrogen (secondary N) is 1. The smallest absolute Gasteiger partial charge is 0.240 e. The zero-order valence-corrected chi connectivity index (χ0v) is 14.6. The van der Waals surface area contributed by atoms with Gasteiger partial charge in [0.25, 0.3) is 0 Å². The number of carbonyl (C=O) groups excluding carboxylic acids is 1. The van der Waals surface area contributed by atoms with Gasteiger partial charge in [0.1, 0.15) is 0 Å². The van der Waals surface area contributed by atoms with Crippen LogP contribution < -0.4 is 5.32 Å². The fourth-order valence-corrected chi connectivity index (χ4v) is 3.03. The predicted molar refractivity (Wildman–Crippen MR) is 91.6 cm³/mol. The summed E-state index contributed by atoms with van der Waals surface area (Å²) in [6, 6.07) is 9.77. The first kappa shape index (κ1) is 17.6. The third-order valence-electron chi connectivity index (χ3n) is 4.02. The van der Waals surface area contributed by atoms with E-state index in [4.69, 9.17) is 9.26 Å². The van der Waals surface area contributed by atoms with Crippen molar-refractivity contribution in [3.63, 3.8) is 0 Å². The van der Waals surface area contributed by atoms with Gasteiger partial charge in [-0.25, -0.2) is 0 Å². The van der Waals surface area contributed by atoms with Gasteiger partial charge in [-0.1, -0.05) is 35.5 Å². The minimum atomic E-state index is -0.121. The first-order valence-electron chi connectivity index (χ1n) is 8.58. The number of morpholine rings is 1. The van der Waals surface area contributed by atoms with Gasteiger partial charge < -0.3 is 14.6 Å². The van der Waals surface area contributed by atoms with E-state index in [0.717, 1.165) is 18.7 Å². The van der Waals surface area contributed by atoms with Crippen molar-refractivity contribution in [3.05, 3.63) is 47.6 Å². The molecule has 25 heavy (non-hydrogen) atoms. The van der Waals surface area contributed by atoms with Crippen LogP contribution >= 0.6 is 0 Å². The second kappa shape index (κ2) is 8.22. The molecule has 7 heteroatoms. The van der Waals surface area contributed by atoms with E-state index in [2.05, 4.69) is 34.2 Å². The molecule has 3 rings (SSSR count). The summed E-state index contributed by atoms with van der Waals surface area (Å²) >= 11 is 0. The van der Waals surface area contributed by atoms with E-state index >= 15 is 0 Å². The number of hydrogen-bond acceptors (Lipinski definition) is 6. The normalized spacial score (nSPS) is 21.2. The number of ether oxygens (including phenoxy) is 1. The molecule has 2 heterocycles. The SMILES string of the molecule is C[C@H]1CN(Cc2nc(CC(=O)NCc3ccccc3)no2)C[C@H](C)O1. The highest BCUT2D eigenvalue weighted by molar-refractivity contribution is 5.77. The molecular formula is C18H24N4O3. The third-order valence-corrected chi connectivity index (χ3v) is 4.02. The van der Waals surface area contributed by atoms with E-state index in [9.17, 15) is 4.79 Å². The maximum absolute atomic E-state index is 12.0. The van der Waals surface area contributed by atoms with Crippen molar-refractivity contribution >= 4 is 5.91 Å². The second-order valence-electron chi connectivity index (χ2n) is 6.49. The summed E-state index contributed by atoms with van der Waals surface area (Å²) < 4.78 is 11.0. The van der Waals surface area contributed by atoms with Gasteiger partial charge in [0.15, 0.2) is 5.82 Å². The molecule has 1 aliphatic rings. The van der Waals surface area contributed by atoms with Crippen LogP contribution in [-0.4, -0.2) is 46.2 Å². The quantitative estimate of drug-likeness (QED) is 0.856. The summed E-state index contributed by atoms with van der Waals surface area (Å²) in [5, 5.41) is 6.77. The van der Waals surface area contributed by atoms with Crippen molar-refractivity contribution in [1.29, 1.82) is 0 Å². The standard InChI is InChI=1S/C18H24N4O3/c1-13-10-22(11-14(2)24-13)12-18-20-16(21-25-18)8-17(23)19-9-15-6-4-3-5-7-15/h3-7,13-14H,8-12H2,1-2H3,(H,19,23)/t13-,14-/m0/s1. The summed E-state index contributed by atoms with van der Waals surface area (Å²) in [5.74, 6) is 0.826. The van der Waals surface area contributed by atoms with Crippen molar-refractivity contribution in [2.75, 3.05) is 13.1 Å². The molecule has 1 aromatic carbocycles. The minimum Gasteiger partial charge on any atom is -0.373 e. The number of aromatic nitrogens is 2. The van der Waals surface area contributed by atoms with Crippen molar-refractivity contribution < 1.29 is 14.1 Å². The molecule has 7 nitrogen and oxygen atoms in total. The predicted octanol–water partition coefficient (Wildman–Crippen LogP) is 1.54. The molecule has 0 saturated carbocycles.